The van der Waals surface area contributed by atoms with E-state index in [9.17, 15) is 9.90 Å². The summed E-state index contributed by atoms with van der Waals surface area (Å²) in [5, 5.41) is 13.7. The second kappa shape index (κ2) is 6.52. The summed E-state index contributed by atoms with van der Waals surface area (Å²) in [5.41, 5.74) is 4.59. The van der Waals surface area contributed by atoms with Gasteiger partial charge >= 0.3 is 0 Å². The van der Waals surface area contributed by atoms with Crippen LogP contribution >= 0.6 is 0 Å². The van der Waals surface area contributed by atoms with Gasteiger partial charge in [-0.15, -0.1) is 0 Å². The topological polar surface area (TPSA) is 61.7 Å². The molecule has 0 bridgehead atoms. The van der Waals surface area contributed by atoms with E-state index in [0.29, 0.717) is 11.3 Å². The van der Waals surface area contributed by atoms with Crippen LogP contribution < -0.4 is 5.43 Å². The Bertz CT molecular complexity index is 621. The predicted octanol–water partition coefficient (Wildman–Crippen LogP) is 2.48. The molecule has 2 aromatic rings. The van der Waals surface area contributed by atoms with Crippen LogP contribution in [0.25, 0.3) is 0 Å². The third-order valence-corrected chi connectivity index (χ3v) is 2.85. The van der Waals surface area contributed by atoms with Crippen molar-refractivity contribution in [1.82, 2.24) is 5.43 Å². The Morgan fingerprint density at radius 1 is 1.10 bits per heavy atom. The molecule has 0 radical (unpaired) electrons. The van der Waals surface area contributed by atoms with Crippen LogP contribution in [0.5, 0.6) is 5.75 Å². The molecular formula is C16H16N2O2. The van der Waals surface area contributed by atoms with Gasteiger partial charge in [-0.3, -0.25) is 4.79 Å². The summed E-state index contributed by atoms with van der Waals surface area (Å²) in [4.78, 5) is 11.8. The number of hydrazone groups is 1. The number of rotatable bonds is 4. The van der Waals surface area contributed by atoms with Crippen molar-refractivity contribution in [3.63, 3.8) is 0 Å². The maximum atomic E-state index is 11.8. The largest absolute Gasteiger partial charge is 0.507 e. The van der Waals surface area contributed by atoms with Crippen LogP contribution in [0.4, 0.5) is 0 Å². The number of amides is 1. The Kier molecular flexibility index (Phi) is 4.50. The van der Waals surface area contributed by atoms with Crippen LogP contribution in [-0.4, -0.2) is 16.7 Å². The minimum absolute atomic E-state index is 0.144. The van der Waals surface area contributed by atoms with Crippen LogP contribution in [0.3, 0.4) is 0 Å². The van der Waals surface area contributed by atoms with Gasteiger partial charge in [0.05, 0.1) is 12.1 Å². The van der Waals surface area contributed by atoms with E-state index in [1.807, 2.05) is 30.3 Å². The van der Waals surface area contributed by atoms with Gasteiger partial charge in [0.15, 0.2) is 0 Å². The van der Waals surface area contributed by atoms with E-state index in [1.54, 1.807) is 31.2 Å². The van der Waals surface area contributed by atoms with Crippen LogP contribution in [0.1, 0.15) is 18.1 Å². The molecule has 0 fully saturated rings. The summed E-state index contributed by atoms with van der Waals surface area (Å²) in [6.07, 6.45) is 0.276. The van der Waals surface area contributed by atoms with Gasteiger partial charge in [0.2, 0.25) is 5.91 Å². The van der Waals surface area contributed by atoms with E-state index in [0.717, 1.165) is 5.56 Å². The highest BCUT2D eigenvalue weighted by Crippen LogP contribution is 2.16. The lowest BCUT2D eigenvalue weighted by atomic mass is 10.1. The Labute approximate surface area is 117 Å². The Balaban J connectivity index is 1.99. The average molecular weight is 268 g/mol. The lowest BCUT2D eigenvalue weighted by molar-refractivity contribution is -0.120. The lowest BCUT2D eigenvalue weighted by Crippen LogP contribution is -2.21. The molecule has 4 heteroatoms. The summed E-state index contributed by atoms with van der Waals surface area (Å²) < 4.78 is 0. The highest BCUT2D eigenvalue weighted by Gasteiger charge is 2.05. The van der Waals surface area contributed by atoms with Crippen LogP contribution in [-0.2, 0) is 11.2 Å². The highest BCUT2D eigenvalue weighted by molar-refractivity contribution is 6.01. The highest BCUT2D eigenvalue weighted by atomic mass is 16.3. The first kappa shape index (κ1) is 13.8. The first-order valence-electron chi connectivity index (χ1n) is 6.32. The molecule has 2 aromatic carbocycles. The molecule has 0 saturated carbocycles. The van der Waals surface area contributed by atoms with Gasteiger partial charge in [-0.1, -0.05) is 42.5 Å². The Hall–Kier alpha value is -2.62. The number of carbonyl (C=O) groups excluding carboxylic acids is 1. The fraction of sp³-hybridized carbons (Fsp3) is 0.125. The third-order valence-electron chi connectivity index (χ3n) is 2.85. The molecule has 1 amide bonds. The second-order valence-corrected chi connectivity index (χ2v) is 4.41. The zero-order valence-electron chi connectivity index (χ0n) is 11.2. The number of nitrogens with zero attached hydrogens (tertiary/aromatic N) is 1. The number of phenols is 1. The van der Waals surface area contributed by atoms with Crippen molar-refractivity contribution < 1.29 is 9.90 Å². The zero-order valence-corrected chi connectivity index (χ0v) is 11.2. The van der Waals surface area contributed by atoms with E-state index in [2.05, 4.69) is 10.5 Å². The third kappa shape index (κ3) is 3.68. The van der Waals surface area contributed by atoms with E-state index in [1.165, 1.54) is 0 Å². The van der Waals surface area contributed by atoms with Gasteiger partial charge < -0.3 is 5.11 Å². The van der Waals surface area contributed by atoms with E-state index in [-0.39, 0.29) is 18.1 Å². The summed E-state index contributed by atoms with van der Waals surface area (Å²) in [6.45, 7) is 1.73. The zero-order chi connectivity index (χ0) is 14.4. The number of para-hydroxylation sites is 1. The van der Waals surface area contributed by atoms with Crippen molar-refractivity contribution in [2.45, 2.75) is 13.3 Å². The summed E-state index contributed by atoms with van der Waals surface area (Å²) in [5.74, 6) is -0.0444. The van der Waals surface area contributed by atoms with Gasteiger partial charge in [0.25, 0.3) is 0 Å². The van der Waals surface area contributed by atoms with E-state index in [4.69, 9.17) is 0 Å². The smallest absolute Gasteiger partial charge is 0.244 e. The van der Waals surface area contributed by atoms with Crippen molar-refractivity contribution >= 4 is 11.6 Å². The molecule has 0 aliphatic heterocycles. The standard InChI is InChI=1S/C16H16N2O2/c1-12(14-9-5-6-10-15(14)19)17-18-16(20)11-13-7-3-2-4-8-13/h2-10,19H,11H2,1H3,(H,18,20)/b17-12+. The number of aromatic hydroxyl groups is 1. The number of hydrogen-bond acceptors (Lipinski definition) is 3. The normalized spacial score (nSPS) is 11.2. The molecule has 20 heavy (non-hydrogen) atoms. The Morgan fingerprint density at radius 2 is 1.75 bits per heavy atom. The molecule has 0 heterocycles. The SMILES string of the molecule is C/C(=N\NC(=O)Cc1ccccc1)c1ccccc1O. The van der Waals surface area contributed by atoms with E-state index < -0.39 is 0 Å². The maximum absolute atomic E-state index is 11.8. The minimum atomic E-state index is -0.189. The van der Waals surface area contributed by atoms with Crippen LogP contribution in [0.2, 0.25) is 0 Å². The maximum Gasteiger partial charge on any atom is 0.244 e. The van der Waals surface area contributed by atoms with Crippen molar-refractivity contribution in [2.75, 3.05) is 0 Å². The number of benzene rings is 2. The summed E-state index contributed by atoms with van der Waals surface area (Å²) in [6, 6.07) is 16.3. The fourth-order valence-corrected chi connectivity index (χ4v) is 1.81. The number of hydrogen-bond donors (Lipinski definition) is 2. The molecule has 4 nitrogen and oxygen atoms in total. The molecule has 0 unspecified atom stereocenters. The molecule has 2 N–H and O–H groups in total. The summed E-state index contributed by atoms with van der Waals surface area (Å²) in [7, 11) is 0. The van der Waals surface area contributed by atoms with Crippen molar-refractivity contribution in [3.05, 3.63) is 65.7 Å². The van der Waals surface area contributed by atoms with Gasteiger partial charge in [-0.05, 0) is 24.6 Å². The first-order valence-corrected chi connectivity index (χ1v) is 6.32. The van der Waals surface area contributed by atoms with Crippen molar-refractivity contribution in [2.24, 2.45) is 5.10 Å². The van der Waals surface area contributed by atoms with Crippen LogP contribution in [0, 0.1) is 0 Å². The number of nitrogens with one attached hydrogen (secondary N) is 1. The molecule has 2 rings (SSSR count). The number of phenolic OH excluding ortho intramolecular Hbond substituents is 1. The lowest BCUT2D eigenvalue weighted by Gasteiger charge is -2.05. The monoisotopic (exact) mass is 268 g/mol. The van der Waals surface area contributed by atoms with Crippen molar-refractivity contribution in [1.29, 1.82) is 0 Å². The molecule has 102 valence electrons. The Morgan fingerprint density at radius 3 is 2.45 bits per heavy atom. The fourth-order valence-electron chi connectivity index (χ4n) is 1.81. The summed E-state index contributed by atoms with van der Waals surface area (Å²) >= 11 is 0. The number of carbonyl (C=O) groups is 1. The van der Waals surface area contributed by atoms with Gasteiger partial charge in [0.1, 0.15) is 5.75 Å². The van der Waals surface area contributed by atoms with Crippen molar-refractivity contribution in [3.8, 4) is 5.75 Å². The van der Waals surface area contributed by atoms with Gasteiger partial charge in [-0.2, -0.15) is 5.10 Å². The molecule has 0 aromatic heterocycles. The van der Waals surface area contributed by atoms with Gasteiger partial charge in [0, 0.05) is 5.56 Å². The molecular weight excluding hydrogens is 252 g/mol. The molecule has 0 aliphatic rings. The second-order valence-electron chi connectivity index (χ2n) is 4.41. The molecule has 0 aliphatic carbocycles. The van der Waals surface area contributed by atoms with E-state index >= 15 is 0 Å². The van der Waals surface area contributed by atoms with Gasteiger partial charge in [-0.25, -0.2) is 5.43 Å². The quantitative estimate of drug-likeness (QED) is 0.661. The minimum Gasteiger partial charge on any atom is -0.507 e. The average Bonchev–Trinajstić information content (AvgIpc) is 2.46. The molecule has 0 spiro atoms. The predicted molar refractivity (Wildman–Crippen MR) is 78.6 cm³/mol. The van der Waals surface area contributed by atoms with Crippen LogP contribution in [0.15, 0.2) is 59.7 Å². The first-order chi connectivity index (χ1) is 9.66. The molecule has 0 saturated heterocycles. The molecule has 0 atom stereocenters.